The van der Waals surface area contributed by atoms with Crippen LogP contribution in [0.1, 0.15) is 79.2 Å². The number of fused-ring (bicyclic) bond motifs is 2. The fourth-order valence-electron chi connectivity index (χ4n) is 6.56. The number of amides is 1. The van der Waals surface area contributed by atoms with Gasteiger partial charge in [0.05, 0.1) is 6.20 Å². The van der Waals surface area contributed by atoms with Crippen LogP contribution in [0.15, 0.2) is 36.7 Å². The van der Waals surface area contributed by atoms with Gasteiger partial charge in [0.1, 0.15) is 0 Å². The van der Waals surface area contributed by atoms with Crippen molar-refractivity contribution in [2.24, 2.45) is 12.8 Å². The summed E-state index contributed by atoms with van der Waals surface area (Å²) in [6.45, 7) is 3.52. The fraction of sp³-hybridized carbons (Fsp3) is 0.467. The molecule has 6 rings (SSSR count). The molecule has 0 saturated heterocycles. The van der Waals surface area contributed by atoms with Crippen LogP contribution in [0.5, 0.6) is 0 Å². The first-order valence-corrected chi connectivity index (χ1v) is 13.7. The lowest BCUT2D eigenvalue weighted by atomic mass is 9.81. The SMILES string of the molecule is CC(=O)N1Cc2cc([C@H]3CC[C@H](N)CC3)cc(N3CCCc4cc(-c5cnn(C)c5)c(C(F)F)cc43)c2C1.Cl. The fourth-order valence-corrected chi connectivity index (χ4v) is 6.56. The van der Waals surface area contributed by atoms with Crippen molar-refractivity contribution < 1.29 is 13.6 Å². The molecule has 3 aliphatic rings. The number of anilines is 2. The highest BCUT2D eigenvalue weighted by Gasteiger charge is 2.32. The molecule has 1 amide bonds. The van der Waals surface area contributed by atoms with Gasteiger partial charge in [0, 0.05) is 73.9 Å². The van der Waals surface area contributed by atoms with Gasteiger partial charge < -0.3 is 15.5 Å². The summed E-state index contributed by atoms with van der Waals surface area (Å²) in [7, 11) is 1.80. The highest BCUT2D eigenvalue weighted by atomic mass is 35.5. The molecule has 6 nitrogen and oxygen atoms in total. The second-order valence-corrected chi connectivity index (χ2v) is 11.2. The number of alkyl halides is 2. The van der Waals surface area contributed by atoms with E-state index < -0.39 is 6.43 Å². The van der Waals surface area contributed by atoms with E-state index in [0.29, 0.717) is 30.1 Å². The van der Waals surface area contributed by atoms with Crippen molar-refractivity contribution in [3.05, 3.63) is 64.5 Å². The Morgan fingerprint density at radius 2 is 1.82 bits per heavy atom. The molecule has 9 heteroatoms. The maximum Gasteiger partial charge on any atom is 0.264 e. The second kappa shape index (κ2) is 10.9. The van der Waals surface area contributed by atoms with Gasteiger partial charge in [-0.25, -0.2) is 8.78 Å². The normalized spacial score (nSPS) is 20.6. The molecule has 2 aliphatic heterocycles. The van der Waals surface area contributed by atoms with Crippen molar-refractivity contribution in [2.75, 3.05) is 11.4 Å². The molecule has 0 spiro atoms. The zero-order valence-corrected chi connectivity index (χ0v) is 23.3. The lowest BCUT2D eigenvalue weighted by Gasteiger charge is -2.35. The van der Waals surface area contributed by atoms with Crippen LogP contribution >= 0.6 is 12.4 Å². The first kappa shape index (κ1) is 27.6. The molecular weight excluding hydrogens is 520 g/mol. The van der Waals surface area contributed by atoms with E-state index in [4.69, 9.17) is 5.73 Å². The minimum atomic E-state index is -2.60. The Balaban J connectivity index is 0.00000308. The van der Waals surface area contributed by atoms with Crippen LogP contribution < -0.4 is 10.6 Å². The Hall–Kier alpha value is -2.97. The number of rotatable bonds is 4. The number of nitrogens with two attached hydrogens (primary N) is 1. The molecule has 2 aromatic carbocycles. The Kier molecular flexibility index (Phi) is 7.71. The Bertz CT molecular complexity index is 1380. The van der Waals surface area contributed by atoms with E-state index in [0.717, 1.165) is 67.6 Å². The molecule has 0 bridgehead atoms. The molecule has 1 aromatic heterocycles. The van der Waals surface area contributed by atoms with E-state index in [1.165, 1.54) is 11.1 Å². The number of aryl methyl sites for hydroxylation is 2. The third-order valence-electron chi connectivity index (χ3n) is 8.65. The van der Waals surface area contributed by atoms with Crippen LogP contribution in [0.4, 0.5) is 20.2 Å². The number of benzene rings is 2. The molecule has 1 aliphatic carbocycles. The minimum Gasteiger partial charge on any atom is -0.341 e. The van der Waals surface area contributed by atoms with Gasteiger partial charge in [-0.2, -0.15) is 5.10 Å². The van der Waals surface area contributed by atoms with Crippen LogP contribution in [0.2, 0.25) is 0 Å². The highest BCUT2D eigenvalue weighted by Crippen LogP contribution is 2.45. The molecule has 0 unspecified atom stereocenters. The summed E-state index contributed by atoms with van der Waals surface area (Å²) < 4.78 is 30.5. The summed E-state index contributed by atoms with van der Waals surface area (Å²) in [5.74, 6) is 0.483. The highest BCUT2D eigenvalue weighted by molar-refractivity contribution is 5.85. The number of carbonyl (C=O) groups excluding carboxylic acids is 1. The second-order valence-electron chi connectivity index (χ2n) is 11.2. The van der Waals surface area contributed by atoms with Crippen LogP contribution in [0.3, 0.4) is 0 Å². The van der Waals surface area contributed by atoms with Crippen LogP contribution in [0, 0.1) is 0 Å². The zero-order valence-electron chi connectivity index (χ0n) is 22.5. The average molecular weight is 556 g/mol. The van der Waals surface area contributed by atoms with Crippen molar-refractivity contribution in [2.45, 2.75) is 76.9 Å². The lowest BCUT2D eigenvalue weighted by Crippen LogP contribution is -2.27. The first-order valence-electron chi connectivity index (χ1n) is 13.7. The molecule has 1 fully saturated rings. The van der Waals surface area contributed by atoms with E-state index in [-0.39, 0.29) is 29.9 Å². The number of nitrogens with zero attached hydrogens (tertiary/aromatic N) is 4. The van der Waals surface area contributed by atoms with Gasteiger partial charge in [-0.05, 0) is 84.9 Å². The topological polar surface area (TPSA) is 67.4 Å². The summed E-state index contributed by atoms with van der Waals surface area (Å²) in [6.07, 6.45) is 6.74. The predicted octanol–water partition coefficient (Wildman–Crippen LogP) is 6.38. The summed E-state index contributed by atoms with van der Waals surface area (Å²) in [4.78, 5) is 16.4. The standard InChI is InChI=1S/C30H35F2N5O.ClH/c1-18(38)36-16-22-10-21(19-5-7-24(33)8-6-19)12-29(27(22)17-36)37-9-3-4-20-11-25(23-14-34-35(2)15-23)26(30(31)32)13-28(20)37;/h10-15,19,24,30H,3-9,16-17,33H2,1-2H3;1H/t19-,24-;. The number of carbonyl (C=O) groups is 1. The van der Waals surface area contributed by atoms with Crippen LogP contribution in [-0.2, 0) is 31.4 Å². The van der Waals surface area contributed by atoms with Gasteiger partial charge in [-0.1, -0.05) is 6.07 Å². The van der Waals surface area contributed by atoms with E-state index in [2.05, 4.69) is 22.1 Å². The number of halogens is 3. The summed E-state index contributed by atoms with van der Waals surface area (Å²) in [5, 5.41) is 4.21. The summed E-state index contributed by atoms with van der Waals surface area (Å²) in [5.41, 5.74) is 14.1. The molecule has 39 heavy (non-hydrogen) atoms. The minimum absolute atomic E-state index is 0. The van der Waals surface area contributed by atoms with Crippen molar-refractivity contribution in [1.82, 2.24) is 14.7 Å². The quantitative estimate of drug-likeness (QED) is 0.406. The van der Waals surface area contributed by atoms with Crippen molar-refractivity contribution in [3.63, 3.8) is 0 Å². The van der Waals surface area contributed by atoms with E-state index in [1.807, 2.05) is 11.0 Å². The van der Waals surface area contributed by atoms with Crippen molar-refractivity contribution in [3.8, 4) is 11.1 Å². The molecule has 1 saturated carbocycles. The van der Waals surface area contributed by atoms with Gasteiger partial charge in [0.25, 0.3) is 6.43 Å². The third-order valence-corrected chi connectivity index (χ3v) is 8.65. The Morgan fingerprint density at radius 1 is 1.05 bits per heavy atom. The smallest absolute Gasteiger partial charge is 0.264 e. The zero-order chi connectivity index (χ0) is 26.6. The Morgan fingerprint density at radius 3 is 2.49 bits per heavy atom. The van der Waals surface area contributed by atoms with E-state index >= 15 is 0 Å². The Labute approximate surface area is 234 Å². The number of hydrogen-bond acceptors (Lipinski definition) is 4. The van der Waals surface area contributed by atoms with Gasteiger partial charge in [0.2, 0.25) is 5.91 Å². The maximum absolute atomic E-state index is 14.4. The summed E-state index contributed by atoms with van der Waals surface area (Å²) in [6, 6.07) is 8.45. The van der Waals surface area contributed by atoms with Gasteiger partial charge >= 0.3 is 0 Å². The van der Waals surface area contributed by atoms with Crippen LogP contribution in [0.25, 0.3) is 11.1 Å². The average Bonchev–Trinajstić information content (AvgIpc) is 3.54. The molecule has 3 aromatic rings. The lowest BCUT2D eigenvalue weighted by molar-refractivity contribution is -0.129. The van der Waals surface area contributed by atoms with Gasteiger partial charge in [-0.3, -0.25) is 9.48 Å². The molecule has 3 heterocycles. The number of aromatic nitrogens is 2. The predicted molar refractivity (Wildman–Crippen MR) is 152 cm³/mol. The van der Waals surface area contributed by atoms with Gasteiger partial charge in [-0.15, -0.1) is 12.4 Å². The number of hydrogen-bond donors (Lipinski definition) is 1. The molecule has 0 radical (unpaired) electrons. The monoisotopic (exact) mass is 555 g/mol. The molecule has 0 atom stereocenters. The van der Waals surface area contributed by atoms with Crippen molar-refractivity contribution in [1.29, 1.82) is 0 Å². The van der Waals surface area contributed by atoms with Gasteiger partial charge in [0.15, 0.2) is 0 Å². The molecule has 2 N–H and O–H groups in total. The van der Waals surface area contributed by atoms with Crippen LogP contribution in [-0.4, -0.2) is 33.2 Å². The molecule has 208 valence electrons. The van der Waals surface area contributed by atoms with Crippen molar-refractivity contribution >= 4 is 29.7 Å². The maximum atomic E-state index is 14.4. The third kappa shape index (κ3) is 5.16. The summed E-state index contributed by atoms with van der Waals surface area (Å²) >= 11 is 0. The molecular formula is C30H36ClF2N5O. The first-order chi connectivity index (χ1) is 18.3. The largest absolute Gasteiger partial charge is 0.341 e. The van der Waals surface area contributed by atoms with E-state index in [1.54, 1.807) is 37.1 Å². The van der Waals surface area contributed by atoms with E-state index in [9.17, 15) is 13.6 Å².